The normalized spacial score (nSPS) is 13.1. The molecule has 35 heavy (non-hydrogen) atoms. The largest absolute Gasteiger partial charge is 0.504 e. The molecule has 0 aliphatic carbocycles. The Kier molecular flexibility index (Phi) is 7.31. The molecule has 0 aromatic heterocycles. The number of carbonyl (C=O) groups excluding carboxylic acids is 1. The summed E-state index contributed by atoms with van der Waals surface area (Å²) in [6.45, 7) is 2.68. The van der Waals surface area contributed by atoms with Crippen molar-refractivity contribution in [2.75, 3.05) is 45.5 Å². The van der Waals surface area contributed by atoms with Crippen LogP contribution in [-0.4, -0.2) is 50.3 Å². The maximum Gasteiger partial charge on any atom is 0.257 e. The lowest BCUT2D eigenvalue weighted by molar-refractivity contribution is 0.102. The maximum absolute atomic E-state index is 12.8. The Hall–Kier alpha value is -3.91. The molecular formula is C27H31N3O5. The van der Waals surface area contributed by atoms with Gasteiger partial charge in [0.1, 0.15) is 0 Å². The molecule has 1 aliphatic rings. The first-order valence-electron chi connectivity index (χ1n) is 11.4. The molecule has 0 fully saturated rings. The molecule has 0 spiro atoms. The summed E-state index contributed by atoms with van der Waals surface area (Å²) in [7, 11) is 4.60. The van der Waals surface area contributed by atoms with E-state index in [1.165, 1.54) is 30.9 Å². The monoisotopic (exact) mass is 477 g/mol. The van der Waals surface area contributed by atoms with Crippen molar-refractivity contribution in [3.05, 3.63) is 70.8 Å². The van der Waals surface area contributed by atoms with Crippen molar-refractivity contribution in [1.82, 2.24) is 4.90 Å². The highest BCUT2D eigenvalue weighted by Gasteiger charge is 2.19. The first-order valence-corrected chi connectivity index (χ1v) is 11.4. The quantitative estimate of drug-likeness (QED) is 0.423. The highest BCUT2D eigenvalue weighted by atomic mass is 16.5. The fourth-order valence-electron chi connectivity index (χ4n) is 4.32. The van der Waals surface area contributed by atoms with E-state index in [0.29, 0.717) is 34.2 Å². The van der Waals surface area contributed by atoms with Gasteiger partial charge in [-0.3, -0.25) is 9.69 Å². The number of benzene rings is 3. The first-order chi connectivity index (χ1) is 16.9. The first kappa shape index (κ1) is 24.2. The second kappa shape index (κ2) is 10.6. The van der Waals surface area contributed by atoms with E-state index in [2.05, 4.69) is 10.2 Å². The third-order valence-corrected chi connectivity index (χ3v) is 6.32. The second-order valence-electron chi connectivity index (χ2n) is 8.51. The number of fused-ring (bicyclic) bond motifs is 1. The van der Waals surface area contributed by atoms with Gasteiger partial charge in [0.05, 0.1) is 26.9 Å². The van der Waals surface area contributed by atoms with E-state index in [-0.39, 0.29) is 11.7 Å². The zero-order valence-electron chi connectivity index (χ0n) is 20.3. The third kappa shape index (κ3) is 5.44. The molecule has 8 heteroatoms. The van der Waals surface area contributed by atoms with Gasteiger partial charge in [-0.25, -0.2) is 0 Å². The van der Waals surface area contributed by atoms with Crippen LogP contribution in [-0.2, 0) is 19.4 Å². The predicted octanol–water partition coefficient (Wildman–Crippen LogP) is 3.85. The van der Waals surface area contributed by atoms with Gasteiger partial charge >= 0.3 is 0 Å². The van der Waals surface area contributed by atoms with Crippen molar-refractivity contribution in [3.8, 4) is 23.0 Å². The molecule has 0 saturated heterocycles. The van der Waals surface area contributed by atoms with E-state index in [1.54, 1.807) is 19.2 Å². The van der Waals surface area contributed by atoms with Gasteiger partial charge in [-0.2, -0.15) is 0 Å². The second-order valence-corrected chi connectivity index (χ2v) is 8.51. The van der Waals surface area contributed by atoms with E-state index in [9.17, 15) is 9.90 Å². The van der Waals surface area contributed by atoms with Gasteiger partial charge in [0, 0.05) is 37.1 Å². The number of nitrogens with one attached hydrogen (secondary N) is 1. The molecule has 184 valence electrons. The third-order valence-electron chi connectivity index (χ3n) is 6.32. The van der Waals surface area contributed by atoms with Gasteiger partial charge in [0.15, 0.2) is 23.0 Å². The van der Waals surface area contributed by atoms with E-state index in [0.717, 1.165) is 32.5 Å². The average molecular weight is 478 g/mol. The van der Waals surface area contributed by atoms with E-state index >= 15 is 0 Å². The molecule has 8 nitrogen and oxygen atoms in total. The van der Waals surface area contributed by atoms with E-state index in [1.807, 2.05) is 36.4 Å². The van der Waals surface area contributed by atoms with Crippen molar-refractivity contribution in [2.45, 2.75) is 19.4 Å². The average Bonchev–Trinajstić information content (AvgIpc) is 2.87. The molecule has 4 rings (SSSR count). The van der Waals surface area contributed by atoms with E-state index in [4.69, 9.17) is 19.9 Å². The Morgan fingerprint density at radius 1 is 0.971 bits per heavy atom. The van der Waals surface area contributed by atoms with Gasteiger partial charge < -0.3 is 30.4 Å². The predicted molar refractivity (Wildman–Crippen MR) is 136 cm³/mol. The molecule has 1 aliphatic heterocycles. The van der Waals surface area contributed by atoms with Crippen molar-refractivity contribution >= 4 is 17.3 Å². The Bertz CT molecular complexity index is 1210. The Morgan fingerprint density at radius 2 is 1.66 bits per heavy atom. The standard InChI is InChI=1S/C27H31N3O5/c1-33-24-13-19-16-30(11-9-18(19)12-23(24)31)10-8-17-4-6-20(7-5-17)29-27(32)21-14-25(34-2)26(35-3)15-22(21)28/h4-7,12-15,31H,8-11,16,28H2,1-3H3,(H,29,32). The summed E-state index contributed by atoms with van der Waals surface area (Å²) in [6.07, 6.45) is 1.79. The number of hydrogen-bond acceptors (Lipinski definition) is 7. The summed E-state index contributed by atoms with van der Waals surface area (Å²) >= 11 is 0. The van der Waals surface area contributed by atoms with Gasteiger partial charge in [-0.1, -0.05) is 12.1 Å². The number of carbonyl (C=O) groups is 1. The zero-order chi connectivity index (χ0) is 24.9. The van der Waals surface area contributed by atoms with Crippen LogP contribution in [0.25, 0.3) is 0 Å². The lowest BCUT2D eigenvalue weighted by Gasteiger charge is -2.29. The number of anilines is 2. The lowest BCUT2D eigenvalue weighted by Crippen LogP contribution is -2.32. The van der Waals surface area contributed by atoms with Gasteiger partial charge in [0.2, 0.25) is 0 Å². The minimum Gasteiger partial charge on any atom is -0.504 e. The topological polar surface area (TPSA) is 106 Å². The highest BCUT2D eigenvalue weighted by Crippen LogP contribution is 2.33. The molecule has 1 heterocycles. The van der Waals surface area contributed by atoms with Crippen LogP contribution in [0.3, 0.4) is 0 Å². The molecule has 0 atom stereocenters. The van der Waals surface area contributed by atoms with Crippen LogP contribution in [0.1, 0.15) is 27.0 Å². The smallest absolute Gasteiger partial charge is 0.257 e. The van der Waals surface area contributed by atoms with E-state index < -0.39 is 0 Å². The number of hydrogen-bond donors (Lipinski definition) is 3. The number of amides is 1. The Balaban J connectivity index is 1.35. The van der Waals surface area contributed by atoms with Crippen molar-refractivity contribution < 1.29 is 24.1 Å². The number of rotatable bonds is 8. The molecule has 4 N–H and O–H groups in total. The molecule has 0 bridgehead atoms. The van der Waals surface area contributed by atoms with Crippen LogP contribution in [0.5, 0.6) is 23.0 Å². The fourth-order valence-corrected chi connectivity index (χ4v) is 4.32. The molecule has 0 saturated carbocycles. The van der Waals surface area contributed by atoms with Gasteiger partial charge in [0.25, 0.3) is 5.91 Å². The van der Waals surface area contributed by atoms with Crippen LogP contribution < -0.4 is 25.3 Å². The molecule has 1 amide bonds. The minimum absolute atomic E-state index is 0.195. The summed E-state index contributed by atoms with van der Waals surface area (Å²) in [4.78, 5) is 15.2. The molecule has 0 unspecified atom stereocenters. The number of aromatic hydroxyl groups is 1. The summed E-state index contributed by atoms with van der Waals surface area (Å²) in [5.41, 5.74) is 10.9. The number of nitrogens with two attached hydrogens (primary N) is 1. The maximum atomic E-state index is 12.8. The molecule has 3 aromatic rings. The lowest BCUT2D eigenvalue weighted by atomic mass is 9.98. The Morgan fingerprint density at radius 3 is 2.34 bits per heavy atom. The molecule has 3 aromatic carbocycles. The summed E-state index contributed by atoms with van der Waals surface area (Å²) in [5.74, 6) is 1.31. The van der Waals surface area contributed by atoms with Crippen LogP contribution >= 0.6 is 0 Å². The van der Waals surface area contributed by atoms with Crippen LogP contribution in [0.2, 0.25) is 0 Å². The van der Waals surface area contributed by atoms with Crippen molar-refractivity contribution in [1.29, 1.82) is 0 Å². The number of phenolic OH excluding ortho intramolecular Hbond substituents is 1. The van der Waals surface area contributed by atoms with Crippen molar-refractivity contribution in [3.63, 3.8) is 0 Å². The molecule has 0 radical (unpaired) electrons. The highest BCUT2D eigenvalue weighted by molar-refractivity contribution is 6.08. The fraction of sp³-hybridized carbons (Fsp3) is 0.296. The van der Waals surface area contributed by atoms with Gasteiger partial charge in [-0.15, -0.1) is 0 Å². The minimum atomic E-state index is -0.315. The Labute approximate surface area is 205 Å². The van der Waals surface area contributed by atoms with Crippen LogP contribution in [0.15, 0.2) is 48.5 Å². The van der Waals surface area contributed by atoms with Crippen molar-refractivity contribution in [2.24, 2.45) is 0 Å². The number of methoxy groups -OCH3 is 3. The number of nitrogen functional groups attached to an aromatic ring is 1. The SMILES string of the molecule is COc1cc2c(cc1O)CCN(CCc1ccc(NC(=O)c3cc(OC)c(OC)cc3N)cc1)C2. The summed E-state index contributed by atoms with van der Waals surface area (Å²) in [6, 6.07) is 14.7. The zero-order valence-corrected chi connectivity index (χ0v) is 20.3. The number of phenols is 1. The van der Waals surface area contributed by atoms with Gasteiger partial charge in [-0.05, 0) is 59.9 Å². The van der Waals surface area contributed by atoms with Crippen LogP contribution in [0, 0.1) is 0 Å². The van der Waals surface area contributed by atoms with Crippen LogP contribution in [0.4, 0.5) is 11.4 Å². The number of ether oxygens (including phenoxy) is 3. The summed E-state index contributed by atoms with van der Waals surface area (Å²) < 4.78 is 15.8. The molecular weight excluding hydrogens is 446 g/mol. The number of nitrogens with zero attached hydrogens (tertiary/aromatic N) is 1. The summed E-state index contributed by atoms with van der Waals surface area (Å²) in [5, 5.41) is 12.9.